The van der Waals surface area contributed by atoms with Gasteiger partial charge in [-0.15, -0.1) is 0 Å². The molecule has 5 rings (SSSR count). The lowest BCUT2D eigenvalue weighted by atomic mass is 10.1. The first-order valence-electron chi connectivity index (χ1n) is 11.3. The minimum atomic E-state index is -0.186. The fourth-order valence-electron chi connectivity index (χ4n) is 4.19. The van der Waals surface area contributed by atoms with Crippen molar-refractivity contribution in [3.8, 4) is 0 Å². The van der Waals surface area contributed by atoms with Crippen molar-refractivity contribution >= 4 is 51.7 Å². The van der Waals surface area contributed by atoms with Gasteiger partial charge in [-0.2, -0.15) is 0 Å². The van der Waals surface area contributed by atoms with Crippen molar-refractivity contribution in [2.75, 3.05) is 44.7 Å². The lowest BCUT2D eigenvalue weighted by Crippen LogP contribution is -2.45. The number of amides is 1. The van der Waals surface area contributed by atoms with Crippen LogP contribution >= 0.6 is 24.0 Å². The van der Waals surface area contributed by atoms with E-state index in [0.29, 0.717) is 39.2 Å². The van der Waals surface area contributed by atoms with E-state index in [4.69, 9.17) is 17.2 Å². The molecule has 3 aromatic rings. The first-order chi connectivity index (χ1) is 16.5. The molecule has 2 aliphatic heterocycles. The molecular formula is C25H25N5O2S2. The van der Waals surface area contributed by atoms with Gasteiger partial charge in [0, 0.05) is 38.9 Å². The molecule has 0 aliphatic carbocycles. The molecule has 9 heteroatoms. The van der Waals surface area contributed by atoms with Crippen LogP contribution < -0.4 is 10.5 Å². The van der Waals surface area contributed by atoms with E-state index >= 15 is 0 Å². The second-order valence-corrected chi connectivity index (χ2v) is 10.1. The number of thioether (sulfide) groups is 1. The number of thiocarbonyl (C=S) groups is 1. The standard InChI is InChI=1S/C25H25N5O2S2/c1-27-13-15-28(16-14-27)22-19(23(31)29-11-6-5-9-21(29)26-22)17-20-24(32)30(25(33)34-20)12-10-18-7-3-2-4-8-18/h2-9,11,17H,10,12-16H2,1H3/b20-17+. The average Bonchev–Trinajstić information content (AvgIpc) is 3.12. The van der Waals surface area contributed by atoms with E-state index in [2.05, 4.69) is 16.8 Å². The number of aromatic nitrogens is 2. The van der Waals surface area contributed by atoms with E-state index < -0.39 is 0 Å². The summed E-state index contributed by atoms with van der Waals surface area (Å²) in [5.41, 5.74) is 1.98. The molecule has 0 radical (unpaired) electrons. The highest BCUT2D eigenvalue weighted by molar-refractivity contribution is 8.26. The third kappa shape index (κ3) is 4.51. The predicted octanol–water partition coefficient (Wildman–Crippen LogP) is 2.89. The third-order valence-corrected chi connectivity index (χ3v) is 7.55. The molecule has 174 valence electrons. The maximum Gasteiger partial charge on any atom is 0.267 e. The van der Waals surface area contributed by atoms with Crippen LogP contribution in [0.15, 0.2) is 64.4 Å². The maximum atomic E-state index is 13.5. The Morgan fingerprint density at radius 1 is 1.03 bits per heavy atom. The van der Waals surface area contributed by atoms with E-state index in [9.17, 15) is 9.59 Å². The molecule has 2 fully saturated rings. The molecule has 34 heavy (non-hydrogen) atoms. The molecule has 1 amide bonds. The number of pyridine rings is 1. The number of piperazine rings is 1. The first-order valence-corrected chi connectivity index (χ1v) is 12.5. The Kier molecular flexibility index (Phi) is 6.49. The van der Waals surface area contributed by atoms with Crippen molar-refractivity contribution in [1.82, 2.24) is 19.2 Å². The first kappa shape index (κ1) is 22.8. The second-order valence-electron chi connectivity index (χ2n) is 8.44. The number of benzene rings is 1. The summed E-state index contributed by atoms with van der Waals surface area (Å²) >= 11 is 6.77. The van der Waals surface area contributed by atoms with Crippen LogP contribution in [0.3, 0.4) is 0 Å². The number of nitrogens with zero attached hydrogens (tertiary/aromatic N) is 5. The highest BCUT2D eigenvalue weighted by Gasteiger charge is 2.33. The molecule has 0 spiro atoms. The van der Waals surface area contributed by atoms with Gasteiger partial charge in [0.15, 0.2) is 0 Å². The fourth-order valence-corrected chi connectivity index (χ4v) is 5.48. The number of rotatable bonds is 5. The monoisotopic (exact) mass is 491 g/mol. The minimum Gasteiger partial charge on any atom is -0.353 e. The Morgan fingerprint density at radius 2 is 1.76 bits per heavy atom. The van der Waals surface area contributed by atoms with Gasteiger partial charge in [-0.3, -0.25) is 18.9 Å². The Balaban J connectivity index is 1.49. The molecular weight excluding hydrogens is 466 g/mol. The summed E-state index contributed by atoms with van der Waals surface area (Å²) in [4.78, 5) is 38.0. The number of fused-ring (bicyclic) bond motifs is 1. The number of hydrogen-bond donors (Lipinski definition) is 0. The largest absolute Gasteiger partial charge is 0.353 e. The molecule has 4 heterocycles. The quantitative estimate of drug-likeness (QED) is 0.402. The summed E-state index contributed by atoms with van der Waals surface area (Å²) in [5.74, 6) is 0.465. The van der Waals surface area contributed by atoms with Crippen molar-refractivity contribution in [1.29, 1.82) is 0 Å². The van der Waals surface area contributed by atoms with Gasteiger partial charge < -0.3 is 9.80 Å². The lowest BCUT2D eigenvalue weighted by Gasteiger charge is -2.34. The van der Waals surface area contributed by atoms with Crippen molar-refractivity contribution in [3.63, 3.8) is 0 Å². The molecule has 0 saturated carbocycles. The summed E-state index contributed by atoms with van der Waals surface area (Å²) < 4.78 is 2.05. The number of carbonyl (C=O) groups is 1. The molecule has 7 nitrogen and oxygen atoms in total. The number of anilines is 1. The summed E-state index contributed by atoms with van der Waals surface area (Å²) in [5, 5.41) is 0. The Bertz CT molecular complexity index is 1330. The van der Waals surface area contributed by atoms with E-state index in [1.807, 2.05) is 42.5 Å². The molecule has 2 aliphatic rings. The van der Waals surface area contributed by atoms with Crippen LogP contribution in [0.4, 0.5) is 5.82 Å². The van der Waals surface area contributed by atoms with Crippen LogP contribution in [0.2, 0.25) is 0 Å². The normalized spacial score (nSPS) is 18.4. The van der Waals surface area contributed by atoms with E-state index in [-0.39, 0.29) is 11.5 Å². The predicted molar refractivity (Wildman–Crippen MR) is 141 cm³/mol. The van der Waals surface area contributed by atoms with Gasteiger partial charge in [-0.05, 0) is 37.2 Å². The van der Waals surface area contributed by atoms with E-state index in [1.54, 1.807) is 23.2 Å². The topological polar surface area (TPSA) is 61.2 Å². The number of carbonyl (C=O) groups excluding carboxylic acids is 1. The Morgan fingerprint density at radius 3 is 2.53 bits per heavy atom. The van der Waals surface area contributed by atoms with Crippen molar-refractivity contribution in [2.24, 2.45) is 0 Å². The van der Waals surface area contributed by atoms with Crippen molar-refractivity contribution in [3.05, 3.63) is 81.1 Å². The van der Waals surface area contributed by atoms with Gasteiger partial charge in [0.2, 0.25) is 0 Å². The van der Waals surface area contributed by atoms with Gasteiger partial charge in [0.05, 0.1) is 10.5 Å². The van der Waals surface area contributed by atoms with Crippen LogP contribution in [0.5, 0.6) is 0 Å². The molecule has 0 atom stereocenters. The van der Waals surface area contributed by atoms with Crippen molar-refractivity contribution < 1.29 is 4.79 Å². The maximum absolute atomic E-state index is 13.5. The van der Waals surface area contributed by atoms with Gasteiger partial charge in [-0.1, -0.05) is 60.4 Å². The molecule has 1 aromatic carbocycles. The van der Waals surface area contributed by atoms with Gasteiger partial charge in [0.1, 0.15) is 15.8 Å². The zero-order valence-electron chi connectivity index (χ0n) is 18.9. The lowest BCUT2D eigenvalue weighted by molar-refractivity contribution is -0.122. The van der Waals surface area contributed by atoms with Crippen LogP contribution in [-0.2, 0) is 11.2 Å². The zero-order valence-corrected chi connectivity index (χ0v) is 20.5. The summed E-state index contributed by atoms with van der Waals surface area (Å²) in [6.07, 6.45) is 4.11. The van der Waals surface area contributed by atoms with Crippen LogP contribution in [-0.4, -0.2) is 69.2 Å². The second kappa shape index (κ2) is 9.69. The number of likely N-dealkylation sites (N-methyl/N-ethyl adjacent to an activating group) is 1. The van der Waals surface area contributed by atoms with E-state index in [1.165, 1.54) is 16.2 Å². The Labute approximate surface area is 207 Å². The van der Waals surface area contributed by atoms with Crippen molar-refractivity contribution in [2.45, 2.75) is 6.42 Å². The third-order valence-electron chi connectivity index (χ3n) is 6.17. The summed E-state index contributed by atoms with van der Waals surface area (Å²) in [6.45, 7) is 3.82. The average molecular weight is 492 g/mol. The van der Waals surface area contributed by atoms with Gasteiger partial charge in [0.25, 0.3) is 11.5 Å². The molecule has 0 N–H and O–H groups in total. The zero-order chi connectivity index (χ0) is 23.7. The molecule has 0 bridgehead atoms. The molecule has 2 aromatic heterocycles. The van der Waals surface area contributed by atoms with Gasteiger partial charge in [-0.25, -0.2) is 4.98 Å². The summed E-state index contributed by atoms with van der Waals surface area (Å²) in [7, 11) is 2.09. The van der Waals surface area contributed by atoms with E-state index in [0.717, 1.165) is 31.7 Å². The Hall–Kier alpha value is -3.01. The molecule has 2 saturated heterocycles. The SMILES string of the molecule is CN1CCN(c2nc3ccccn3c(=O)c2/C=C2/SC(=S)N(CCc3ccccc3)C2=O)CC1. The van der Waals surface area contributed by atoms with Crippen LogP contribution in [0, 0.1) is 0 Å². The number of hydrogen-bond acceptors (Lipinski definition) is 7. The minimum absolute atomic E-state index is 0.159. The summed E-state index contributed by atoms with van der Waals surface area (Å²) in [6, 6.07) is 15.5. The van der Waals surface area contributed by atoms with Crippen LogP contribution in [0.1, 0.15) is 11.1 Å². The fraction of sp³-hybridized carbons (Fsp3) is 0.280. The smallest absolute Gasteiger partial charge is 0.267 e. The highest BCUT2D eigenvalue weighted by Crippen LogP contribution is 2.33. The molecule has 0 unspecified atom stereocenters. The van der Waals surface area contributed by atoms with Gasteiger partial charge >= 0.3 is 0 Å². The van der Waals surface area contributed by atoms with Crippen LogP contribution in [0.25, 0.3) is 11.7 Å². The highest BCUT2D eigenvalue weighted by atomic mass is 32.2.